The topological polar surface area (TPSA) is 153 Å². The quantitative estimate of drug-likeness (QED) is 0.0986. The van der Waals surface area contributed by atoms with Gasteiger partial charge in [0, 0.05) is 23.4 Å². The van der Waals surface area contributed by atoms with E-state index >= 15 is 0 Å². The molecule has 1 aliphatic carbocycles. The van der Waals surface area contributed by atoms with Gasteiger partial charge in [-0.25, -0.2) is 4.98 Å². The Kier molecular flexibility index (Phi) is 9.38. The van der Waals surface area contributed by atoms with Gasteiger partial charge in [-0.05, 0) is 36.3 Å². The lowest BCUT2D eigenvalue weighted by molar-refractivity contribution is -0.350. The molecule has 1 atom stereocenters. The number of aromatic nitrogens is 3. The van der Waals surface area contributed by atoms with E-state index in [1.54, 1.807) is 36.5 Å². The number of amides is 1. The summed E-state index contributed by atoms with van der Waals surface area (Å²) in [7, 11) is 1.45. The molecule has 1 saturated heterocycles. The zero-order valence-electron chi connectivity index (χ0n) is 21.4. The van der Waals surface area contributed by atoms with Crippen LogP contribution in [0.3, 0.4) is 0 Å². The normalized spacial score (nSPS) is 21.5. The molecule has 198 valence electrons. The third-order valence-electron chi connectivity index (χ3n) is 5.70. The fourth-order valence-corrected chi connectivity index (χ4v) is 3.99. The summed E-state index contributed by atoms with van der Waals surface area (Å²) in [4.78, 5) is 17.9. The minimum atomic E-state index is -2.36. The highest BCUT2D eigenvalue weighted by molar-refractivity contribution is 6.14. The lowest BCUT2D eigenvalue weighted by Crippen LogP contribution is -2.68. The van der Waals surface area contributed by atoms with Crippen LogP contribution < -0.4 is 10.6 Å². The second kappa shape index (κ2) is 12.5. The molecule has 0 spiro atoms. The number of aliphatic hydroxyl groups is 3. The molecule has 2 aliphatic rings. The highest BCUT2D eigenvalue weighted by Gasteiger charge is 2.48. The Morgan fingerprint density at radius 1 is 1.34 bits per heavy atom. The minimum absolute atomic E-state index is 0.0790. The highest BCUT2D eigenvalue weighted by Crippen LogP contribution is 2.31. The fraction of sp³-hybridized carbons (Fsp3) is 0.308. The summed E-state index contributed by atoms with van der Waals surface area (Å²) in [5, 5.41) is 45.3. The molecular formula is C26H31BN6O5. The molecule has 12 heteroatoms. The van der Waals surface area contributed by atoms with E-state index in [0.717, 1.165) is 10.5 Å². The molecule has 0 bridgehead atoms. The predicted molar refractivity (Wildman–Crippen MR) is 145 cm³/mol. The lowest BCUT2D eigenvalue weighted by Gasteiger charge is -2.50. The van der Waals surface area contributed by atoms with Crippen LogP contribution >= 0.6 is 0 Å². The average Bonchev–Trinajstić information content (AvgIpc) is 3.09. The second-order valence-corrected chi connectivity index (χ2v) is 8.75. The van der Waals surface area contributed by atoms with Crippen LogP contribution in [0.1, 0.15) is 25.5 Å². The molecule has 1 fully saturated rings. The average molecular weight is 518 g/mol. The first kappa shape index (κ1) is 28.6. The fourth-order valence-electron chi connectivity index (χ4n) is 3.99. The molecular weight excluding hydrogens is 487 g/mol. The molecule has 1 aromatic heterocycles. The van der Waals surface area contributed by atoms with Gasteiger partial charge >= 0.3 is 0 Å². The number of terminal acetylenes is 1. The van der Waals surface area contributed by atoms with Gasteiger partial charge in [-0.2, -0.15) is 5.10 Å². The summed E-state index contributed by atoms with van der Waals surface area (Å²) < 4.78 is 5.13. The molecule has 1 aliphatic heterocycles. The van der Waals surface area contributed by atoms with E-state index in [4.69, 9.17) is 11.2 Å². The van der Waals surface area contributed by atoms with E-state index in [-0.39, 0.29) is 31.6 Å². The number of carbonyl (C=O) groups excluding carboxylic acids is 1. The van der Waals surface area contributed by atoms with Crippen LogP contribution in [0.2, 0.25) is 0 Å². The van der Waals surface area contributed by atoms with Crippen LogP contribution in [0.15, 0.2) is 72.3 Å². The van der Waals surface area contributed by atoms with Crippen molar-refractivity contribution in [1.82, 2.24) is 25.4 Å². The molecule has 38 heavy (non-hydrogen) atoms. The van der Waals surface area contributed by atoms with Gasteiger partial charge in [-0.15, -0.1) is 11.5 Å². The smallest absolute Gasteiger partial charge is 0.272 e. The maximum atomic E-state index is 12.2. The number of nitrogens with zero attached hydrogens (tertiary/aromatic N) is 4. The van der Waals surface area contributed by atoms with E-state index in [2.05, 4.69) is 38.3 Å². The molecule has 1 amide bonds. The minimum Gasteiger partial charge on any atom is -0.377 e. The number of anilines is 1. The van der Waals surface area contributed by atoms with Gasteiger partial charge in [-0.3, -0.25) is 4.79 Å². The maximum Gasteiger partial charge on any atom is 0.272 e. The van der Waals surface area contributed by atoms with Crippen molar-refractivity contribution in [2.24, 2.45) is 0 Å². The molecule has 1 unspecified atom stereocenters. The number of rotatable bonds is 9. The van der Waals surface area contributed by atoms with E-state index in [1.165, 1.54) is 20.1 Å². The van der Waals surface area contributed by atoms with Crippen molar-refractivity contribution >= 4 is 25.3 Å². The highest BCUT2D eigenvalue weighted by atomic mass is 16.6. The largest absolute Gasteiger partial charge is 0.377 e. The van der Waals surface area contributed by atoms with Gasteiger partial charge in [0.2, 0.25) is 5.95 Å². The number of hydrogen-bond donors (Lipinski definition) is 5. The Morgan fingerprint density at radius 2 is 2.13 bits per heavy atom. The van der Waals surface area contributed by atoms with Crippen molar-refractivity contribution in [3.8, 4) is 12.3 Å². The van der Waals surface area contributed by atoms with Gasteiger partial charge in [0.05, 0.1) is 25.0 Å². The Labute approximate surface area is 222 Å². The number of ether oxygens (including phenoxy) is 1. The Hall–Kier alpha value is -4.02. The van der Waals surface area contributed by atoms with Crippen LogP contribution in [0, 0.1) is 12.3 Å². The first-order chi connectivity index (χ1) is 18.1. The summed E-state index contributed by atoms with van der Waals surface area (Å²) in [5.74, 6) is -0.0934. The molecule has 1 aromatic rings. The Bertz CT molecular complexity index is 1240. The van der Waals surface area contributed by atoms with Crippen LogP contribution in [0.5, 0.6) is 0 Å². The molecule has 11 nitrogen and oxygen atoms in total. The van der Waals surface area contributed by atoms with Crippen molar-refractivity contribution in [1.29, 1.82) is 0 Å². The molecule has 2 heterocycles. The number of morpholine rings is 1. The van der Waals surface area contributed by atoms with E-state index < -0.39 is 11.5 Å². The summed E-state index contributed by atoms with van der Waals surface area (Å²) >= 11 is 0. The Morgan fingerprint density at radius 3 is 2.82 bits per heavy atom. The molecule has 5 N–H and O–H groups in total. The van der Waals surface area contributed by atoms with E-state index in [1.807, 2.05) is 6.92 Å². The first-order valence-electron chi connectivity index (χ1n) is 12.0. The van der Waals surface area contributed by atoms with Gasteiger partial charge in [0.15, 0.2) is 7.85 Å². The number of carbonyl (C=O) groups is 1. The Balaban J connectivity index is 1.82. The van der Waals surface area contributed by atoms with Crippen LogP contribution in [0.4, 0.5) is 5.95 Å². The lowest BCUT2D eigenvalue weighted by atomic mass is 9.87. The number of hydrogen-bond acceptors (Lipinski definition) is 10. The second-order valence-electron chi connectivity index (χ2n) is 8.75. The summed E-state index contributed by atoms with van der Waals surface area (Å²) in [6.07, 6.45) is 19.5. The van der Waals surface area contributed by atoms with Gasteiger partial charge < -0.3 is 35.6 Å². The molecule has 0 radical (unpaired) electrons. The molecule has 0 aromatic carbocycles. The first-order valence-corrected chi connectivity index (χ1v) is 12.0. The van der Waals surface area contributed by atoms with Crippen LogP contribution in [-0.4, -0.2) is 80.4 Å². The standard InChI is InChI=1S/C26H31BN6O5/c1-4-14-28-23(34)19(6-3)11-10-18(5-2)22-15-29-32-24(31-22)30-20-8-7-9-21(13-12-20)33-25(27,35)16-38-17-26(33,36)37/h1,6-8,10-13,15,35-37H,3,5,9,14,16-17,27H2,2H3,(H,28,34)(H,30,31,32)/b18-10+,19-11+. The third kappa shape index (κ3) is 7.05. The zero-order valence-corrected chi connectivity index (χ0v) is 21.4. The van der Waals surface area contributed by atoms with E-state index in [0.29, 0.717) is 35.5 Å². The SMILES string of the molecule is BC1(O)COCC(O)(O)N1C1=CC=C(Nc2nncc(/C(=C/C=C(\C=C)C(=O)NCC#C)CC)n2)C=CC1. The van der Waals surface area contributed by atoms with Crippen LogP contribution in [-0.2, 0) is 9.53 Å². The van der Waals surface area contributed by atoms with Gasteiger partial charge in [0.25, 0.3) is 11.8 Å². The zero-order chi connectivity index (χ0) is 27.8. The number of allylic oxidation sites excluding steroid dienone is 7. The summed E-state index contributed by atoms with van der Waals surface area (Å²) in [6.45, 7) is 5.30. The van der Waals surface area contributed by atoms with Crippen molar-refractivity contribution in [3.05, 3.63) is 78.0 Å². The van der Waals surface area contributed by atoms with Crippen molar-refractivity contribution < 1.29 is 24.9 Å². The summed E-state index contributed by atoms with van der Waals surface area (Å²) in [6, 6.07) is 0. The molecule has 3 rings (SSSR count). The van der Waals surface area contributed by atoms with E-state index in [9.17, 15) is 20.1 Å². The maximum absolute atomic E-state index is 12.2. The molecule has 0 saturated carbocycles. The van der Waals surface area contributed by atoms with Crippen molar-refractivity contribution in [3.63, 3.8) is 0 Å². The summed E-state index contributed by atoms with van der Waals surface area (Å²) in [5.41, 5.74) is 1.23. The van der Waals surface area contributed by atoms with Crippen LogP contribution in [0.25, 0.3) is 5.57 Å². The van der Waals surface area contributed by atoms with Crippen molar-refractivity contribution in [2.45, 2.75) is 31.3 Å². The third-order valence-corrected chi connectivity index (χ3v) is 5.70. The monoisotopic (exact) mass is 518 g/mol. The number of nitrogens with one attached hydrogen (secondary N) is 2. The predicted octanol–water partition coefficient (Wildman–Crippen LogP) is -0.0838. The van der Waals surface area contributed by atoms with Crippen molar-refractivity contribution in [2.75, 3.05) is 25.1 Å². The van der Waals surface area contributed by atoms with Gasteiger partial charge in [-0.1, -0.05) is 37.7 Å². The van der Waals surface area contributed by atoms with Gasteiger partial charge in [0.1, 0.15) is 12.2 Å².